The van der Waals surface area contributed by atoms with Crippen LogP contribution in [-0.4, -0.2) is 61.6 Å². The van der Waals surface area contributed by atoms with Crippen LogP contribution in [0.3, 0.4) is 0 Å². The second-order valence-corrected chi connectivity index (χ2v) is 9.85. The van der Waals surface area contributed by atoms with Crippen LogP contribution in [0.2, 0.25) is 0 Å². The van der Waals surface area contributed by atoms with Crippen LogP contribution in [-0.2, 0) is 20.9 Å². The van der Waals surface area contributed by atoms with Gasteiger partial charge in [0.05, 0.1) is 31.2 Å². The number of anilines is 1. The Morgan fingerprint density at radius 3 is 2.59 bits per heavy atom. The highest BCUT2D eigenvalue weighted by atomic mass is 16.5. The summed E-state index contributed by atoms with van der Waals surface area (Å²) in [5.41, 5.74) is 1.95. The predicted octanol–water partition coefficient (Wildman–Crippen LogP) is 3.38. The fraction of sp³-hybridized carbons (Fsp3) is 0.464. The van der Waals surface area contributed by atoms with Gasteiger partial charge < -0.3 is 29.7 Å². The molecule has 0 spiro atoms. The Kier molecular flexibility index (Phi) is 8.33. The summed E-state index contributed by atoms with van der Waals surface area (Å²) < 4.78 is 17.4. The van der Waals surface area contributed by atoms with E-state index in [0.29, 0.717) is 36.4 Å². The lowest BCUT2D eigenvalue weighted by Crippen LogP contribution is -2.53. The number of fused-ring (bicyclic) bond motifs is 2. The van der Waals surface area contributed by atoms with E-state index < -0.39 is 0 Å². The molecule has 0 aliphatic carbocycles. The molecule has 3 atom stereocenters. The molecule has 4 rings (SSSR count). The maximum Gasteiger partial charge on any atom is 0.257 e. The minimum Gasteiger partial charge on any atom is -0.497 e. The van der Waals surface area contributed by atoms with Crippen molar-refractivity contribution >= 4 is 23.4 Å². The number of methoxy groups -OCH3 is 1. The molecule has 2 heterocycles. The van der Waals surface area contributed by atoms with Crippen molar-refractivity contribution in [2.45, 2.75) is 57.9 Å². The summed E-state index contributed by atoms with van der Waals surface area (Å²) in [5, 5.41) is 5.78. The zero-order chi connectivity index (χ0) is 26.5. The number of likely N-dealkylation sites (N-methyl/N-ethyl adjacent to an activating group) is 1. The van der Waals surface area contributed by atoms with Gasteiger partial charge in [0.2, 0.25) is 11.8 Å². The molecule has 2 aliphatic rings. The highest BCUT2D eigenvalue weighted by molar-refractivity contribution is 6.00. The third kappa shape index (κ3) is 6.40. The van der Waals surface area contributed by atoms with Crippen LogP contribution < -0.4 is 20.1 Å². The van der Waals surface area contributed by atoms with Gasteiger partial charge in [-0.1, -0.05) is 26.0 Å². The van der Waals surface area contributed by atoms with E-state index in [0.717, 1.165) is 11.3 Å². The van der Waals surface area contributed by atoms with E-state index in [1.165, 1.54) is 0 Å². The number of amides is 3. The Hall–Kier alpha value is -3.59. The van der Waals surface area contributed by atoms with E-state index in [1.54, 1.807) is 37.3 Å². The summed E-state index contributed by atoms with van der Waals surface area (Å²) in [4.78, 5) is 39.7. The van der Waals surface area contributed by atoms with Crippen LogP contribution in [0.4, 0.5) is 5.69 Å². The zero-order valence-corrected chi connectivity index (χ0v) is 21.8. The van der Waals surface area contributed by atoms with Crippen molar-refractivity contribution in [3.05, 3.63) is 53.6 Å². The smallest absolute Gasteiger partial charge is 0.257 e. The molecule has 0 aromatic heterocycles. The van der Waals surface area contributed by atoms with E-state index in [2.05, 4.69) is 10.6 Å². The Morgan fingerprint density at radius 1 is 1.14 bits per heavy atom. The van der Waals surface area contributed by atoms with Crippen molar-refractivity contribution in [2.24, 2.45) is 5.92 Å². The number of ether oxygens (including phenoxy) is 3. The summed E-state index contributed by atoms with van der Waals surface area (Å²) in [6.07, 6.45) is 0.997. The Balaban J connectivity index is 1.36. The van der Waals surface area contributed by atoms with E-state index >= 15 is 0 Å². The van der Waals surface area contributed by atoms with Crippen molar-refractivity contribution in [1.82, 2.24) is 10.2 Å². The molecule has 2 aliphatic heterocycles. The lowest BCUT2D eigenvalue weighted by molar-refractivity contribution is -0.134. The molecule has 9 heteroatoms. The first-order valence-corrected chi connectivity index (χ1v) is 12.6. The Labute approximate surface area is 217 Å². The molecule has 0 unspecified atom stereocenters. The lowest BCUT2D eigenvalue weighted by atomic mass is 9.94. The van der Waals surface area contributed by atoms with Crippen molar-refractivity contribution in [1.29, 1.82) is 0 Å². The second-order valence-electron chi connectivity index (χ2n) is 9.85. The monoisotopic (exact) mass is 509 g/mol. The Bertz CT molecular complexity index is 1130. The molecule has 2 N–H and O–H groups in total. The van der Waals surface area contributed by atoms with E-state index in [1.807, 2.05) is 38.1 Å². The molecule has 2 aromatic rings. The third-order valence-electron chi connectivity index (χ3n) is 6.87. The van der Waals surface area contributed by atoms with Crippen LogP contribution >= 0.6 is 0 Å². The number of benzene rings is 2. The molecule has 0 bridgehead atoms. The summed E-state index contributed by atoms with van der Waals surface area (Å²) >= 11 is 0. The number of rotatable bonds is 7. The topological polar surface area (TPSA) is 106 Å². The Morgan fingerprint density at radius 2 is 1.89 bits per heavy atom. The average Bonchev–Trinajstić information content (AvgIpc) is 2.90. The molecule has 1 fully saturated rings. The molecule has 0 radical (unpaired) electrons. The van der Waals surface area contributed by atoms with Crippen molar-refractivity contribution in [3.63, 3.8) is 0 Å². The zero-order valence-electron chi connectivity index (χ0n) is 21.8. The van der Waals surface area contributed by atoms with E-state index in [-0.39, 0.29) is 54.9 Å². The predicted molar refractivity (Wildman–Crippen MR) is 139 cm³/mol. The summed E-state index contributed by atoms with van der Waals surface area (Å²) in [6.45, 7) is 4.31. The third-order valence-corrected chi connectivity index (χ3v) is 6.87. The number of carbonyl (C=O) groups is 3. The summed E-state index contributed by atoms with van der Waals surface area (Å²) in [6, 6.07) is 12.5. The maximum absolute atomic E-state index is 13.3. The first-order valence-electron chi connectivity index (χ1n) is 12.6. The van der Waals surface area contributed by atoms with Crippen molar-refractivity contribution in [2.75, 3.05) is 26.1 Å². The fourth-order valence-electron chi connectivity index (χ4n) is 4.61. The number of hydrogen-bond acceptors (Lipinski definition) is 6. The van der Waals surface area contributed by atoms with Gasteiger partial charge in [-0.25, -0.2) is 0 Å². The quantitative estimate of drug-likeness (QED) is 0.593. The molecule has 1 saturated heterocycles. The second kappa shape index (κ2) is 11.6. The van der Waals surface area contributed by atoms with Crippen LogP contribution in [0.15, 0.2) is 42.5 Å². The highest BCUT2D eigenvalue weighted by Crippen LogP contribution is 2.32. The van der Waals surface area contributed by atoms with Crippen molar-refractivity contribution < 1.29 is 28.6 Å². The molecule has 9 nitrogen and oxygen atoms in total. The summed E-state index contributed by atoms with van der Waals surface area (Å²) in [5.74, 6) is 0.648. The van der Waals surface area contributed by atoms with E-state index in [9.17, 15) is 14.4 Å². The maximum atomic E-state index is 13.3. The summed E-state index contributed by atoms with van der Waals surface area (Å²) in [7, 11) is 3.38. The van der Waals surface area contributed by atoms with Gasteiger partial charge in [0.25, 0.3) is 5.91 Å². The molecule has 37 heavy (non-hydrogen) atoms. The van der Waals surface area contributed by atoms with Gasteiger partial charge >= 0.3 is 0 Å². The number of nitrogens with zero attached hydrogens (tertiary/aromatic N) is 1. The first-order chi connectivity index (χ1) is 17.7. The highest BCUT2D eigenvalue weighted by Gasteiger charge is 2.39. The van der Waals surface area contributed by atoms with Gasteiger partial charge in [0.15, 0.2) is 0 Å². The fourth-order valence-corrected chi connectivity index (χ4v) is 4.61. The van der Waals surface area contributed by atoms with Gasteiger partial charge in [-0.3, -0.25) is 14.4 Å². The van der Waals surface area contributed by atoms with Crippen LogP contribution in [0.25, 0.3) is 0 Å². The van der Waals surface area contributed by atoms with Crippen LogP contribution in [0.1, 0.15) is 49.0 Å². The standard InChI is InChI=1S/C28H35N3O6/c1-17(2)27(33)30-19-7-12-24-22(13-19)28(34)31(3)23-11-10-21(37-25(23)16-36-24)14-26(32)29-15-18-5-8-20(35-4)9-6-18/h5-9,12-13,17,21,23,25H,10-11,14-16H2,1-4H3,(H,29,32)(H,30,33)/t21-,23+,25+/m1/s1. The van der Waals surface area contributed by atoms with Crippen LogP contribution in [0, 0.1) is 5.92 Å². The molecular weight excluding hydrogens is 474 g/mol. The largest absolute Gasteiger partial charge is 0.497 e. The average molecular weight is 510 g/mol. The van der Waals surface area contributed by atoms with Gasteiger partial charge in [0.1, 0.15) is 24.2 Å². The minimum absolute atomic E-state index is 0.0863. The van der Waals surface area contributed by atoms with Gasteiger partial charge in [-0.05, 0) is 48.7 Å². The first kappa shape index (κ1) is 26.5. The molecule has 3 amide bonds. The molecule has 198 valence electrons. The molecule has 2 aromatic carbocycles. The molecule has 0 saturated carbocycles. The number of carbonyl (C=O) groups excluding carboxylic acids is 3. The lowest BCUT2D eigenvalue weighted by Gasteiger charge is -2.42. The number of nitrogens with one attached hydrogen (secondary N) is 2. The van der Waals surface area contributed by atoms with Gasteiger partial charge in [0, 0.05) is 25.2 Å². The van der Waals surface area contributed by atoms with Gasteiger partial charge in [-0.15, -0.1) is 0 Å². The SMILES string of the molecule is COc1ccc(CNC(=O)C[C@H]2CC[C@H]3[C@H](COc4ccc(NC(=O)C(C)C)cc4C(=O)N3C)O2)cc1. The van der Waals surface area contributed by atoms with Crippen molar-refractivity contribution in [3.8, 4) is 11.5 Å². The minimum atomic E-state index is -0.351. The van der Waals surface area contributed by atoms with Gasteiger partial charge in [-0.2, -0.15) is 0 Å². The van der Waals surface area contributed by atoms with E-state index in [4.69, 9.17) is 14.2 Å². The normalized spacial score (nSPS) is 21.2. The molecular formula is C28H35N3O6. The number of hydrogen-bond donors (Lipinski definition) is 2. The van der Waals surface area contributed by atoms with Crippen LogP contribution in [0.5, 0.6) is 11.5 Å².